The van der Waals surface area contributed by atoms with E-state index in [2.05, 4.69) is 31.1 Å². The summed E-state index contributed by atoms with van der Waals surface area (Å²) in [6.07, 6.45) is 2.57. The van der Waals surface area contributed by atoms with E-state index in [1.165, 1.54) is 0 Å². The van der Waals surface area contributed by atoms with Crippen LogP contribution in [0.15, 0.2) is 24.3 Å². The number of aromatic amines is 1. The zero-order valence-electron chi connectivity index (χ0n) is 12.8. The summed E-state index contributed by atoms with van der Waals surface area (Å²) < 4.78 is 0. The second-order valence-electron chi connectivity index (χ2n) is 6.63. The molecule has 1 aromatic carbocycles. The van der Waals surface area contributed by atoms with Crippen molar-refractivity contribution in [1.82, 2.24) is 4.98 Å². The number of aryl methyl sites for hydroxylation is 1. The molecular weight excluding hydrogens is 248 g/mol. The van der Waals surface area contributed by atoms with Crippen LogP contribution in [0.4, 0.5) is 5.69 Å². The van der Waals surface area contributed by atoms with Crippen molar-refractivity contribution in [2.24, 2.45) is 5.41 Å². The lowest BCUT2D eigenvalue weighted by molar-refractivity contribution is -0.116. The van der Waals surface area contributed by atoms with Crippen molar-refractivity contribution in [2.75, 3.05) is 5.32 Å². The lowest BCUT2D eigenvalue weighted by atomic mass is 9.90. The van der Waals surface area contributed by atoms with Gasteiger partial charge in [0.15, 0.2) is 0 Å². The first kappa shape index (κ1) is 14.6. The molecule has 0 saturated heterocycles. The number of rotatable bonds is 4. The van der Waals surface area contributed by atoms with Crippen LogP contribution in [0.3, 0.4) is 0 Å². The molecule has 0 aliphatic carbocycles. The molecule has 0 aliphatic heterocycles. The Bertz CT molecular complexity index is 605. The Morgan fingerprint density at radius 3 is 2.65 bits per heavy atom. The van der Waals surface area contributed by atoms with E-state index in [0.29, 0.717) is 6.42 Å². The Hall–Kier alpha value is -1.77. The Balaban J connectivity index is 2.01. The molecule has 0 bridgehead atoms. The van der Waals surface area contributed by atoms with Gasteiger partial charge in [0, 0.05) is 23.0 Å². The van der Waals surface area contributed by atoms with Gasteiger partial charge in [-0.2, -0.15) is 0 Å². The predicted molar refractivity (Wildman–Crippen MR) is 85.0 cm³/mol. The number of hydrogen-bond acceptors (Lipinski definition) is 1. The van der Waals surface area contributed by atoms with Crippen LogP contribution >= 0.6 is 0 Å². The zero-order valence-corrected chi connectivity index (χ0v) is 12.8. The molecule has 3 heteroatoms. The van der Waals surface area contributed by atoms with E-state index in [4.69, 9.17) is 0 Å². The van der Waals surface area contributed by atoms with Crippen LogP contribution in [-0.2, 0) is 4.79 Å². The molecule has 1 aromatic heterocycles. The molecule has 20 heavy (non-hydrogen) atoms. The number of H-pyrrole nitrogens is 1. The highest BCUT2D eigenvalue weighted by Gasteiger charge is 2.13. The minimum Gasteiger partial charge on any atom is -0.357 e. The number of fused-ring (bicyclic) bond motifs is 1. The van der Waals surface area contributed by atoms with E-state index in [1.54, 1.807) is 0 Å². The second kappa shape index (κ2) is 5.70. The fourth-order valence-electron chi connectivity index (χ4n) is 2.42. The molecule has 108 valence electrons. The third-order valence-electron chi connectivity index (χ3n) is 3.49. The summed E-state index contributed by atoms with van der Waals surface area (Å²) in [5.74, 6) is 0.0992. The van der Waals surface area contributed by atoms with E-state index >= 15 is 0 Å². The summed E-state index contributed by atoms with van der Waals surface area (Å²) in [5, 5.41) is 4.13. The summed E-state index contributed by atoms with van der Waals surface area (Å²) in [6.45, 7) is 8.60. The number of benzene rings is 1. The van der Waals surface area contributed by atoms with Crippen LogP contribution in [0.5, 0.6) is 0 Å². The van der Waals surface area contributed by atoms with Crippen molar-refractivity contribution < 1.29 is 4.79 Å². The maximum absolute atomic E-state index is 12.1. The van der Waals surface area contributed by atoms with Crippen LogP contribution < -0.4 is 5.32 Å². The maximum Gasteiger partial charge on any atom is 0.224 e. The van der Waals surface area contributed by atoms with E-state index in [1.807, 2.05) is 31.2 Å². The van der Waals surface area contributed by atoms with E-state index < -0.39 is 0 Å². The molecule has 1 heterocycles. The highest BCUT2D eigenvalue weighted by atomic mass is 16.1. The van der Waals surface area contributed by atoms with Gasteiger partial charge in [-0.25, -0.2) is 0 Å². The molecule has 0 radical (unpaired) electrons. The molecule has 0 fully saturated rings. The van der Waals surface area contributed by atoms with Crippen LogP contribution in [0.25, 0.3) is 10.9 Å². The molecule has 0 atom stereocenters. The van der Waals surface area contributed by atoms with Gasteiger partial charge in [-0.15, -0.1) is 0 Å². The van der Waals surface area contributed by atoms with Crippen molar-refractivity contribution in [2.45, 2.75) is 47.0 Å². The Morgan fingerprint density at radius 1 is 1.25 bits per heavy atom. The van der Waals surface area contributed by atoms with Crippen molar-refractivity contribution in [3.63, 3.8) is 0 Å². The summed E-state index contributed by atoms with van der Waals surface area (Å²) in [4.78, 5) is 15.4. The Kier molecular flexibility index (Phi) is 4.17. The number of carbonyl (C=O) groups excluding carboxylic acids is 1. The van der Waals surface area contributed by atoms with Gasteiger partial charge in [-0.3, -0.25) is 4.79 Å². The molecule has 2 rings (SSSR count). The van der Waals surface area contributed by atoms with Crippen LogP contribution in [0.2, 0.25) is 0 Å². The molecule has 3 nitrogen and oxygen atoms in total. The van der Waals surface area contributed by atoms with Gasteiger partial charge < -0.3 is 10.3 Å². The topological polar surface area (TPSA) is 44.9 Å². The summed E-state index contributed by atoms with van der Waals surface area (Å²) in [7, 11) is 0. The number of amides is 1. The van der Waals surface area contributed by atoms with Gasteiger partial charge in [-0.1, -0.05) is 39.0 Å². The lowest BCUT2D eigenvalue weighted by Crippen LogP contribution is -2.13. The van der Waals surface area contributed by atoms with Gasteiger partial charge in [0.05, 0.1) is 5.69 Å². The highest BCUT2D eigenvalue weighted by molar-refractivity contribution is 6.02. The molecule has 1 amide bonds. The molecule has 0 spiro atoms. The van der Waals surface area contributed by atoms with Gasteiger partial charge in [0.1, 0.15) is 0 Å². The minimum absolute atomic E-state index is 0.0992. The molecular formula is C17H24N2O. The fourth-order valence-corrected chi connectivity index (χ4v) is 2.42. The molecule has 0 unspecified atom stereocenters. The molecule has 2 N–H and O–H groups in total. The number of nitrogens with one attached hydrogen (secondary N) is 2. The first-order valence-electron chi connectivity index (χ1n) is 7.24. The summed E-state index contributed by atoms with van der Waals surface area (Å²) in [5.41, 5.74) is 3.28. The summed E-state index contributed by atoms with van der Waals surface area (Å²) >= 11 is 0. The second-order valence-corrected chi connectivity index (χ2v) is 6.63. The first-order valence-corrected chi connectivity index (χ1v) is 7.24. The number of aromatic nitrogens is 1. The SMILES string of the molecule is Cc1[nH]c2ccccc2c1NC(=O)CCCC(C)(C)C. The van der Waals surface area contributed by atoms with Gasteiger partial charge >= 0.3 is 0 Å². The normalized spacial score (nSPS) is 11.8. The Morgan fingerprint density at radius 2 is 1.95 bits per heavy atom. The standard InChI is InChI=1S/C17H24N2O/c1-12-16(13-8-5-6-9-14(13)18-12)19-15(20)10-7-11-17(2,3)4/h5-6,8-9,18H,7,10-11H2,1-4H3,(H,19,20). The first-order chi connectivity index (χ1) is 9.37. The van der Waals surface area contributed by atoms with Gasteiger partial charge in [0.25, 0.3) is 0 Å². The van der Waals surface area contributed by atoms with Crippen molar-refractivity contribution in [3.8, 4) is 0 Å². The quantitative estimate of drug-likeness (QED) is 0.837. The molecule has 0 aliphatic rings. The number of hydrogen-bond donors (Lipinski definition) is 2. The predicted octanol–water partition coefficient (Wildman–Crippen LogP) is 4.63. The Labute approximate surface area is 120 Å². The van der Waals surface area contributed by atoms with Crippen LogP contribution in [0, 0.1) is 12.3 Å². The molecule has 0 saturated carbocycles. The monoisotopic (exact) mass is 272 g/mol. The van der Waals surface area contributed by atoms with Crippen molar-refractivity contribution in [1.29, 1.82) is 0 Å². The third kappa shape index (κ3) is 3.62. The minimum atomic E-state index is 0.0992. The third-order valence-corrected chi connectivity index (χ3v) is 3.49. The van der Waals surface area contributed by atoms with Gasteiger partial charge in [0.2, 0.25) is 5.91 Å². The number of anilines is 1. The summed E-state index contributed by atoms with van der Waals surface area (Å²) in [6, 6.07) is 8.04. The van der Waals surface area contributed by atoms with Crippen LogP contribution in [-0.4, -0.2) is 10.9 Å². The lowest BCUT2D eigenvalue weighted by Gasteiger charge is -2.17. The average molecular weight is 272 g/mol. The zero-order chi connectivity index (χ0) is 14.8. The fraction of sp³-hybridized carbons (Fsp3) is 0.471. The smallest absolute Gasteiger partial charge is 0.224 e. The maximum atomic E-state index is 12.1. The largest absolute Gasteiger partial charge is 0.357 e. The van der Waals surface area contributed by atoms with E-state index in [-0.39, 0.29) is 11.3 Å². The van der Waals surface area contributed by atoms with Crippen molar-refractivity contribution >= 4 is 22.5 Å². The molecule has 2 aromatic rings. The van der Waals surface area contributed by atoms with E-state index in [9.17, 15) is 4.79 Å². The number of carbonyl (C=O) groups is 1. The van der Waals surface area contributed by atoms with Gasteiger partial charge in [-0.05, 0) is 31.2 Å². The number of para-hydroxylation sites is 1. The highest BCUT2D eigenvalue weighted by Crippen LogP contribution is 2.27. The van der Waals surface area contributed by atoms with Crippen LogP contribution in [0.1, 0.15) is 45.7 Å². The van der Waals surface area contributed by atoms with E-state index in [0.717, 1.165) is 35.1 Å². The average Bonchev–Trinajstić information content (AvgIpc) is 2.64. The van der Waals surface area contributed by atoms with Crippen molar-refractivity contribution in [3.05, 3.63) is 30.0 Å².